The number of nitrogens with zero attached hydrogens (tertiary/aromatic N) is 7. The number of nitrogens with one attached hydrogen (secondary N) is 2. The number of rotatable bonds is 10. The maximum Gasteiger partial charge on any atom is 0.573 e. The number of pyridine rings is 1. The lowest BCUT2D eigenvalue weighted by atomic mass is 10.1. The van der Waals surface area contributed by atoms with Crippen molar-refractivity contribution in [3.63, 3.8) is 0 Å². The number of amides is 2. The number of aryl methyl sites for hydroxylation is 1. The van der Waals surface area contributed by atoms with Gasteiger partial charge in [0.2, 0.25) is 5.82 Å². The van der Waals surface area contributed by atoms with Crippen molar-refractivity contribution in [3.05, 3.63) is 105 Å². The molecule has 0 radical (unpaired) electrons. The SMILES string of the molecule is Cc1cc(Cl)cc(C(=O)NCc2ccccc2OC(F)(F)F)c1NC(=O)c1cc(Cn2nnc(C(F)F)n2)nn1-c1ncccc1Cl. The summed E-state index contributed by atoms with van der Waals surface area (Å²) in [6.45, 7) is 0.951. The number of halogens is 7. The zero-order valence-electron chi connectivity index (χ0n) is 23.8. The van der Waals surface area contributed by atoms with Crippen LogP contribution in [0.2, 0.25) is 10.0 Å². The molecule has 0 saturated carbocycles. The Bertz CT molecular complexity index is 1950. The minimum Gasteiger partial charge on any atom is -0.405 e. The third-order valence-corrected chi connectivity index (χ3v) is 6.83. The number of ether oxygens (including phenoxy) is 1. The van der Waals surface area contributed by atoms with Gasteiger partial charge in [-0.15, -0.1) is 23.4 Å². The summed E-state index contributed by atoms with van der Waals surface area (Å²) < 4.78 is 69.7. The molecule has 2 N–H and O–H groups in total. The van der Waals surface area contributed by atoms with Crippen molar-refractivity contribution in [2.24, 2.45) is 0 Å². The number of anilines is 1. The molecule has 0 bridgehead atoms. The Hall–Kier alpha value is -5.16. The van der Waals surface area contributed by atoms with Gasteiger partial charge in [0.15, 0.2) is 5.82 Å². The first-order valence-electron chi connectivity index (χ1n) is 13.3. The summed E-state index contributed by atoms with van der Waals surface area (Å²) in [5, 5.41) is 20.2. The van der Waals surface area contributed by atoms with Gasteiger partial charge in [0.25, 0.3) is 11.8 Å². The maximum atomic E-state index is 13.8. The van der Waals surface area contributed by atoms with E-state index < -0.39 is 36.2 Å². The van der Waals surface area contributed by atoms with Gasteiger partial charge in [-0.25, -0.2) is 18.4 Å². The van der Waals surface area contributed by atoms with Crippen molar-refractivity contribution in [3.8, 4) is 11.6 Å². The van der Waals surface area contributed by atoms with Crippen LogP contribution in [0, 0.1) is 6.92 Å². The van der Waals surface area contributed by atoms with Gasteiger partial charge >= 0.3 is 12.8 Å². The molecule has 47 heavy (non-hydrogen) atoms. The highest BCUT2D eigenvalue weighted by atomic mass is 35.5. The number of hydrogen-bond donors (Lipinski definition) is 2. The fourth-order valence-electron chi connectivity index (χ4n) is 4.33. The summed E-state index contributed by atoms with van der Waals surface area (Å²) in [4.78, 5) is 32.2. The molecule has 2 aromatic carbocycles. The monoisotopic (exact) mass is 695 g/mol. The van der Waals surface area contributed by atoms with Crippen LogP contribution in [0.15, 0.2) is 60.8 Å². The minimum absolute atomic E-state index is 0.0256. The first-order valence-corrected chi connectivity index (χ1v) is 14.0. The van der Waals surface area contributed by atoms with Crippen LogP contribution in [0.4, 0.5) is 27.6 Å². The number of aromatic nitrogens is 7. The van der Waals surface area contributed by atoms with Gasteiger partial charge in [-0.2, -0.15) is 9.90 Å². The molecule has 0 aliphatic carbocycles. The molecule has 0 aliphatic rings. The molecule has 3 aromatic heterocycles. The first kappa shape index (κ1) is 33.2. The molecular weight excluding hydrogens is 676 g/mol. The molecule has 0 saturated heterocycles. The fourth-order valence-corrected chi connectivity index (χ4v) is 4.80. The van der Waals surface area contributed by atoms with Gasteiger partial charge < -0.3 is 15.4 Å². The van der Waals surface area contributed by atoms with E-state index in [4.69, 9.17) is 23.2 Å². The average Bonchev–Trinajstić information content (AvgIpc) is 3.65. The summed E-state index contributed by atoms with van der Waals surface area (Å²) in [7, 11) is 0. The van der Waals surface area contributed by atoms with Gasteiger partial charge in [0, 0.05) is 23.3 Å². The third kappa shape index (κ3) is 7.98. The molecule has 5 rings (SSSR count). The Labute approximate surface area is 271 Å². The number of alkyl halides is 5. The smallest absolute Gasteiger partial charge is 0.405 e. The van der Waals surface area contributed by atoms with E-state index in [0.717, 1.165) is 15.5 Å². The lowest BCUT2D eigenvalue weighted by Crippen LogP contribution is -2.27. The zero-order valence-corrected chi connectivity index (χ0v) is 25.3. The van der Waals surface area contributed by atoms with E-state index in [0.29, 0.717) is 5.56 Å². The van der Waals surface area contributed by atoms with Gasteiger partial charge in [-0.3, -0.25) is 9.59 Å². The molecule has 3 heterocycles. The first-order chi connectivity index (χ1) is 22.3. The highest BCUT2D eigenvalue weighted by molar-refractivity contribution is 6.32. The number of para-hydroxylation sites is 1. The van der Waals surface area contributed by atoms with E-state index in [1.54, 1.807) is 13.0 Å². The van der Waals surface area contributed by atoms with Crippen LogP contribution in [-0.2, 0) is 13.1 Å². The molecule has 0 spiro atoms. The van der Waals surface area contributed by atoms with Crippen LogP contribution in [0.1, 0.15) is 49.9 Å². The minimum atomic E-state index is -4.95. The second kappa shape index (κ2) is 13.7. The Balaban J connectivity index is 1.45. The number of benzene rings is 2. The van der Waals surface area contributed by atoms with Gasteiger partial charge in [0.05, 0.1) is 22.0 Å². The molecule has 2 amide bonds. The number of carbonyl (C=O) groups is 2. The summed E-state index contributed by atoms with van der Waals surface area (Å²) in [6, 6.07) is 12.4. The van der Waals surface area contributed by atoms with Crippen molar-refractivity contribution in [1.29, 1.82) is 0 Å². The largest absolute Gasteiger partial charge is 0.573 e. The molecule has 12 nitrogen and oxygen atoms in total. The summed E-state index contributed by atoms with van der Waals surface area (Å²) >= 11 is 12.5. The summed E-state index contributed by atoms with van der Waals surface area (Å²) in [5.41, 5.74) is 0.331. The van der Waals surface area contributed by atoms with Crippen molar-refractivity contribution >= 4 is 40.7 Å². The van der Waals surface area contributed by atoms with E-state index in [2.05, 4.69) is 40.9 Å². The molecule has 5 aromatic rings. The predicted molar refractivity (Wildman–Crippen MR) is 157 cm³/mol. The standard InChI is InChI=1S/C28H20Cl2F5N9O3/c1-14-9-16(29)10-18(26(45)37-12-15-5-2-3-7-21(15)47-28(33,34)35)22(14)38-27(46)20-11-17(13-43-41-24(23(31)32)39-42-43)40-44(20)25-19(30)6-4-8-36-25/h2-11,23H,12-13H2,1H3,(H,37,45)(H,38,46). The Morgan fingerprint density at radius 3 is 2.49 bits per heavy atom. The van der Waals surface area contributed by atoms with Crippen LogP contribution in [0.25, 0.3) is 5.82 Å². The van der Waals surface area contributed by atoms with Crippen molar-refractivity contribution < 1.29 is 36.3 Å². The highest BCUT2D eigenvalue weighted by Crippen LogP contribution is 2.29. The second-order valence-electron chi connectivity index (χ2n) is 9.66. The van der Waals surface area contributed by atoms with Crippen LogP contribution in [0.5, 0.6) is 5.75 Å². The van der Waals surface area contributed by atoms with Crippen LogP contribution in [0.3, 0.4) is 0 Å². The molecule has 0 atom stereocenters. The second-order valence-corrected chi connectivity index (χ2v) is 10.5. The van der Waals surface area contributed by atoms with E-state index in [9.17, 15) is 31.5 Å². The van der Waals surface area contributed by atoms with E-state index in [-0.39, 0.29) is 57.2 Å². The molecule has 0 fully saturated rings. The molecule has 0 unspecified atom stereocenters. The van der Waals surface area contributed by atoms with Crippen LogP contribution >= 0.6 is 23.2 Å². The Morgan fingerprint density at radius 2 is 1.79 bits per heavy atom. The van der Waals surface area contributed by atoms with Crippen molar-refractivity contribution in [1.82, 2.24) is 40.3 Å². The zero-order chi connectivity index (χ0) is 33.9. The van der Waals surface area contributed by atoms with E-state index in [1.165, 1.54) is 48.7 Å². The quantitative estimate of drug-likeness (QED) is 0.171. The molecule has 244 valence electrons. The normalized spacial score (nSPS) is 11.5. The van der Waals surface area contributed by atoms with Gasteiger partial charge in [0.1, 0.15) is 18.0 Å². The number of carbonyl (C=O) groups excluding carboxylic acids is 2. The molecule has 19 heteroatoms. The average molecular weight is 696 g/mol. The number of hydrogen-bond acceptors (Lipinski definition) is 8. The molecule has 0 aliphatic heterocycles. The lowest BCUT2D eigenvalue weighted by Gasteiger charge is -2.16. The van der Waals surface area contributed by atoms with Crippen molar-refractivity contribution in [2.75, 3.05) is 5.32 Å². The highest BCUT2D eigenvalue weighted by Gasteiger charge is 2.32. The van der Waals surface area contributed by atoms with Gasteiger partial charge in [-0.05, 0) is 54.1 Å². The lowest BCUT2D eigenvalue weighted by molar-refractivity contribution is -0.274. The summed E-state index contributed by atoms with van der Waals surface area (Å²) in [6.07, 6.45) is -6.50. The summed E-state index contributed by atoms with van der Waals surface area (Å²) in [5.74, 6) is -2.82. The van der Waals surface area contributed by atoms with Crippen LogP contribution < -0.4 is 15.4 Å². The predicted octanol–water partition coefficient (Wildman–Crippen LogP) is 5.94. The van der Waals surface area contributed by atoms with Crippen LogP contribution in [-0.4, -0.2) is 53.1 Å². The fraction of sp³-hybridized carbons (Fsp3) is 0.179. The number of tetrazole rings is 1. The third-order valence-electron chi connectivity index (χ3n) is 6.32. The van der Waals surface area contributed by atoms with Crippen molar-refractivity contribution in [2.45, 2.75) is 32.8 Å². The topological polar surface area (TPSA) is 142 Å². The molecular formula is C28H20Cl2F5N9O3. The Morgan fingerprint density at radius 1 is 1.02 bits per heavy atom. The van der Waals surface area contributed by atoms with Gasteiger partial charge in [-0.1, -0.05) is 41.4 Å². The van der Waals surface area contributed by atoms with E-state index >= 15 is 0 Å². The maximum absolute atomic E-state index is 13.8. The van der Waals surface area contributed by atoms with E-state index in [1.807, 2.05) is 0 Å². The Kier molecular flexibility index (Phi) is 9.67.